The molecule has 3 saturated heterocycles. The minimum absolute atomic E-state index is 0.155. The van der Waals surface area contributed by atoms with Crippen molar-refractivity contribution in [3.63, 3.8) is 0 Å². The highest BCUT2D eigenvalue weighted by atomic mass is 16.7. The predicted octanol–water partition coefficient (Wildman–Crippen LogP) is -5.24. The van der Waals surface area contributed by atoms with Gasteiger partial charge in [0, 0.05) is 17.7 Å². The number of phenolic OH excluding ortho intramolecular Hbond substituents is 3. The quantitative estimate of drug-likeness (QED) is 0.0912. The van der Waals surface area contributed by atoms with E-state index in [-0.39, 0.29) is 11.1 Å². The third kappa shape index (κ3) is 7.63. The molecule has 3 fully saturated rings. The molecule has 0 saturated carbocycles. The van der Waals surface area contributed by atoms with Gasteiger partial charge in [-0.05, 0) is 18.2 Å². The van der Waals surface area contributed by atoms with E-state index >= 15 is 0 Å². The standard InChI is InChI=1S/C33H40O22/c34-6-15-19(40)22(43)25(46)32(51-15)54-29-17(8-36)53-31(27(48)24(29)45)50-13-2-1-9(3-11(13)38)28-30(21(42)18-12(39)4-10(37)5-14(18)49-28)55-33-26(47)23(44)20(41)16(7-35)52-33/h1-5,15-17,19-20,22-27,29,31-41,43-48H,6-8H2/t15-,16-,17-,19-,20-,22+,23+,24-,25-,26-,27-,29-,31-,32+,33+/m1/s1. The Labute approximate surface area is 307 Å². The number of phenols is 3. The van der Waals surface area contributed by atoms with Crippen molar-refractivity contribution in [2.45, 2.75) is 92.1 Å². The maximum Gasteiger partial charge on any atom is 0.239 e. The number of rotatable bonds is 10. The number of benzene rings is 2. The van der Waals surface area contributed by atoms with E-state index in [0.29, 0.717) is 0 Å². The van der Waals surface area contributed by atoms with Crippen LogP contribution in [0.1, 0.15) is 0 Å². The molecule has 304 valence electrons. The Morgan fingerprint density at radius 2 is 1.13 bits per heavy atom. The van der Waals surface area contributed by atoms with Crippen molar-refractivity contribution in [3.05, 3.63) is 40.6 Å². The fraction of sp³-hybridized carbons (Fsp3) is 0.545. The van der Waals surface area contributed by atoms with Crippen LogP contribution in [0.4, 0.5) is 0 Å². The summed E-state index contributed by atoms with van der Waals surface area (Å²) in [5.74, 6) is -3.65. The molecule has 3 aromatic rings. The summed E-state index contributed by atoms with van der Waals surface area (Å²) < 4.78 is 38.8. The van der Waals surface area contributed by atoms with Crippen LogP contribution in [0.5, 0.6) is 28.7 Å². The smallest absolute Gasteiger partial charge is 0.239 e. The number of hydrogen-bond acceptors (Lipinski definition) is 22. The van der Waals surface area contributed by atoms with E-state index in [2.05, 4.69) is 0 Å². The van der Waals surface area contributed by atoms with Crippen LogP contribution >= 0.6 is 0 Å². The molecule has 3 aliphatic heterocycles. The minimum Gasteiger partial charge on any atom is -0.508 e. The molecular formula is C33H40O22. The van der Waals surface area contributed by atoms with Gasteiger partial charge in [0.15, 0.2) is 23.5 Å². The van der Waals surface area contributed by atoms with Crippen LogP contribution in [-0.4, -0.2) is 183 Å². The number of aliphatic hydroxyl groups excluding tert-OH is 11. The molecule has 0 radical (unpaired) electrons. The fourth-order valence-electron chi connectivity index (χ4n) is 6.38. The van der Waals surface area contributed by atoms with Crippen LogP contribution in [-0.2, 0) is 18.9 Å². The van der Waals surface area contributed by atoms with Crippen molar-refractivity contribution in [3.8, 4) is 40.1 Å². The summed E-state index contributed by atoms with van der Waals surface area (Å²) >= 11 is 0. The summed E-state index contributed by atoms with van der Waals surface area (Å²) in [6, 6.07) is 5.04. The van der Waals surface area contributed by atoms with Crippen molar-refractivity contribution in [2.75, 3.05) is 19.8 Å². The molecule has 1 aromatic heterocycles. The number of aromatic hydroxyl groups is 3. The van der Waals surface area contributed by atoms with Crippen LogP contribution < -0.4 is 14.9 Å². The van der Waals surface area contributed by atoms with E-state index in [1.54, 1.807) is 0 Å². The molecule has 0 unspecified atom stereocenters. The molecule has 14 N–H and O–H groups in total. The van der Waals surface area contributed by atoms with E-state index in [0.717, 1.165) is 24.3 Å². The Kier molecular flexibility index (Phi) is 12.0. The van der Waals surface area contributed by atoms with Crippen LogP contribution in [0, 0.1) is 0 Å². The molecule has 4 heterocycles. The molecule has 22 nitrogen and oxygen atoms in total. The third-order valence-corrected chi connectivity index (χ3v) is 9.42. The van der Waals surface area contributed by atoms with E-state index in [1.807, 2.05) is 0 Å². The fourth-order valence-corrected chi connectivity index (χ4v) is 6.38. The summed E-state index contributed by atoms with van der Waals surface area (Å²) in [5.41, 5.74) is -1.62. The summed E-state index contributed by atoms with van der Waals surface area (Å²) in [5, 5.41) is 143. The Morgan fingerprint density at radius 1 is 0.582 bits per heavy atom. The van der Waals surface area contributed by atoms with Gasteiger partial charge in [-0.3, -0.25) is 4.79 Å². The second kappa shape index (κ2) is 16.3. The highest BCUT2D eigenvalue weighted by molar-refractivity contribution is 5.88. The third-order valence-electron chi connectivity index (χ3n) is 9.42. The molecule has 55 heavy (non-hydrogen) atoms. The number of ether oxygens (including phenoxy) is 6. The molecule has 15 atom stereocenters. The molecule has 6 rings (SSSR count). The van der Waals surface area contributed by atoms with E-state index in [9.17, 15) is 76.3 Å². The largest absolute Gasteiger partial charge is 0.508 e. The zero-order valence-electron chi connectivity index (χ0n) is 28.2. The Hall–Kier alpha value is -3.95. The molecule has 2 aromatic carbocycles. The van der Waals surface area contributed by atoms with Gasteiger partial charge in [0.25, 0.3) is 0 Å². The van der Waals surface area contributed by atoms with Crippen LogP contribution in [0.25, 0.3) is 22.3 Å². The SMILES string of the molecule is O=c1c(O[C@@H]2O[C@H](CO)[C@@H](O)[C@H](O)[C@H]2O)c(-c2ccc(O[C@@H]3O[C@H](CO)[C@@H](O[C@@H]4O[C@H](CO)[C@@H](O)[C@H](O)[C@H]4O)[C@H](O)[C@H]3O)c(O)c2)oc2cc(O)cc(O)c12. The maximum absolute atomic E-state index is 13.7. The van der Waals surface area contributed by atoms with Crippen LogP contribution in [0.2, 0.25) is 0 Å². The van der Waals surface area contributed by atoms with Gasteiger partial charge in [0.05, 0.1) is 19.8 Å². The second-order valence-electron chi connectivity index (χ2n) is 13.0. The van der Waals surface area contributed by atoms with E-state index in [1.165, 1.54) is 6.07 Å². The monoisotopic (exact) mass is 788 g/mol. The highest BCUT2D eigenvalue weighted by Gasteiger charge is 2.51. The molecule has 0 amide bonds. The van der Waals surface area contributed by atoms with Gasteiger partial charge in [-0.1, -0.05) is 0 Å². The first-order valence-electron chi connectivity index (χ1n) is 16.7. The van der Waals surface area contributed by atoms with Crippen molar-refractivity contribution in [1.29, 1.82) is 0 Å². The number of aliphatic hydroxyl groups is 11. The van der Waals surface area contributed by atoms with Gasteiger partial charge >= 0.3 is 0 Å². The average Bonchev–Trinajstić information content (AvgIpc) is 3.15. The Morgan fingerprint density at radius 3 is 1.73 bits per heavy atom. The molecule has 0 bridgehead atoms. The lowest BCUT2D eigenvalue weighted by Gasteiger charge is -2.45. The summed E-state index contributed by atoms with van der Waals surface area (Å²) in [4.78, 5) is 13.7. The molecule has 0 aliphatic carbocycles. The van der Waals surface area contributed by atoms with Crippen LogP contribution in [0.3, 0.4) is 0 Å². The zero-order chi connectivity index (χ0) is 40.0. The van der Waals surface area contributed by atoms with Crippen molar-refractivity contribution in [2.24, 2.45) is 0 Å². The Bertz CT molecular complexity index is 1870. The molecule has 22 heteroatoms. The first-order chi connectivity index (χ1) is 26.1. The van der Waals surface area contributed by atoms with Crippen molar-refractivity contribution in [1.82, 2.24) is 0 Å². The first-order valence-corrected chi connectivity index (χ1v) is 16.7. The van der Waals surface area contributed by atoms with E-state index in [4.69, 9.17) is 32.8 Å². The van der Waals surface area contributed by atoms with Gasteiger partial charge in [-0.2, -0.15) is 0 Å². The van der Waals surface area contributed by atoms with Gasteiger partial charge in [0.2, 0.25) is 23.8 Å². The lowest BCUT2D eigenvalue weighted by Crippen LogP contribution is -2.65. The maximum atomic E-state index is 13.7. The van der Waals surface area contributed by atoms with Gasteiger partial charge in [-0.15, -0.1) is 0 Å². The van der Waals surface area contributed by atoms with Gasteiger partial charge < -0.3 is 104 Å². The van der Waals surface area contributed by atoms with Crippen molar-refractivity contribution < 1.29 is 104 Å². The summed E-state index contributed by atoms with van der Waals surface area (Å²) in [7, 11) is 0. The predicted molar refractivity (Wildman–Crippen MR) is 174 cm³/mol. The highest BCUT2D eigenvalue weighted by Crippen LogP contribution is 2.41. The summed E-state index contributed by atoms with van der Waals surface area (Å²) in [6.07, 6.45) is -26.5. The van der Waals surface area contributed by atoms with E-state index < -0.39 is 157 Å². The molecular weight excluding hydrogens is 748 g/mol. The average molecular weight is 789 g/mol. The zero-order valence-corrected chi connectivity index (χ0v) is 28.2. The lowest BCUT2D eigenvalue weighted by atomic mass is 9.97. The Balaban J connectivity index is 1.27. The number of fused-ring (bicyclic) bond motifs is 1. The first kappa shape index (κ1) is 40.7. The summed E-state index contributed by atoms with van der Waals surface area (Å²) in [6.45, 7) is -2.49. The van der Waals surface area contributed by atoms with Gasteiger partial charge in [-0.25, -0.2) is 0 Å². The second-order valence-corrected chi connectivity index (χ2v) is 13.0. The van der Waals surface area contributed by atoms with Crippen molar-refractivity contribution >= 4 is 11.0 Å². The normalized spacial score (nSPS) is 36.8. The van der Waals surface area contributed by atoms with Gasteiger partial charge in [0.1, 0.15) is 95.7 Å². The molecule has 0 spiro atoms. The minimum atomic E-state index is -1.99. The number of hydrogen-bond donors (Lipinski definition) is 14. The molecule has 3 aliphatic rings. The topological polar surface area (TPSA) is 369 Å². The lowest BCUT2D eigenvalue weighted by molar-refractivity contribution is -0.352. The van der Waals surface area contributed by atoms with Crippen LogP contribution in [0.15, 0.2) is 39.5 Å².